The Hall–Kier alpha value is -1.80. The third-order valence-corrected chi connectivity index (χ3v) is 13.8. The Bertz CT molecular complexity index is 1290. The number of ether oxygens (including phenoxy) is 7. The number of halogens is 3. The first-order chi connectivity index (χ1) is 23.3. The number of nitrogens with one attached hydrogen (secondary N) is 1. The van der Waals surface area contributed by atoms with Crippen molar-refractivity contribution in [2.24, 2.45) is 0 Å². The predicted molar refractivity (Wildman–Crippen MR) is 181 cm³/mol. The molecule has 0 spiro atoms. The Labute approximate surface area is 312 Å². The molecule has 0 aliphatic carbocycles. The van der Waals surface area contributed by atoms with Crippen LogP contribution in [0.25, 0.3) is 0 Å². The number of rotatable bonds is 9. The highest BCUT2D eigenvalue weighted by atomic mass is 35.6. The molecular formula is C31H48Cl3NO15Si. The van der Waals surface area contributed by atoms with Crippen LogP contribution in [0.15, 0.2) is 0 Å². The summed E-state index contributed by atoms with van der Waals surface area (Å²) in [6, 6.07) is -1.43. The molecule has 3 saturated heterocycles. The molecule has 3 rings (SSSR count). The van der Waals surface area contributed by atoms with E-state index >= 15 is 0 Å². The summed E-state index contributed by atoms with van der Waals surface area (Å²) < 4.78 is 51.9. The summed E-state index contributed by atoms with van der Waals surface area (Å²) in [5, 5.41) is 12.8. The van der Waals surface area contributed by atoms with Crippen molar-refractivity contribution in [3.05, 3.63) is 0 Å². The smallest absolute Gasteiger partial charge is 0.349 e. The van der Waals surface area contributed by atoms with Crippen LogP contribution in [0.1, 0.15) is 75.7 Å². The lowest BCUT2D eigenvalue weighted by molar-refractivity contribution is -0.346. The van der Waals surface area contributed by atoms with E-state index < -0.39 is 127 Å². The Morgan fingerprint density at radius 2 is 1.31 bits per heavy atom. The van der Waals surface area contributed by atoms with E-state index in [0.717, 1.165) is 27.7 Å². The Balaban J connectivity index is 2.20. The van der Waals surface area contributed by atoms with Crippen LogP contribution in [0.2, 0.25) is 10.1 Å². The molecule has 0 radical (unpaired) electrons. The minimum absolute atomic E-state index is 0.0320. The summed E-state index contributed by atoms with van der Waals surface area (Å²) in [4.78, 5) is 62.1. The molecule has 0 aromatic heterocycles. The Kier molecular flexibility index (Phi) is 14.3. The summed E-state index contributed by atoms with van der Waals surface area (Å²) in [5.74, 6) is -4.04. The fourth-order valence-corrected chi connectivity index (χ4v) is 12.0. The van der Waals surface area contributed by atoms with Gasteiger partial charge < -0.3 is 52.4 Å². The molecular weight excluding hydrogens is 761 g/mol. The van der Waals surface area contributed by atoms with E-state index in [1.165, 1.54) is 0 Å². The maximum absolute atomic E-state index is 13.1. The minimum Gasteiger partial charge on any atom is -0.463 e. The van der Waals surface area contributed by atoms with Gasteiger partial charge in [0, 0.05) is 37.8 Å². The second kappa shape index (κ2) is 16.7. The van der Waals surface area contributed by atoms with Gasteiger partial charge in [0.1, 0.15) is 37.1 Å². The van der Waals surface area contributed by atoms with Crippen LogP contribution in [0.4, 0.5) is 0 Å². The molecule has 0 saturated carbocycles. The van der Waals surface area contributed by atoms with Crippen molar-refractivity contribution in [1.29, 1.82) is 0 Å². The average Bonchev–Trinajstić information content (AvgIpc) is 2.93. The molecule has 2 N–H and O–H groups in total. The first kappa shape index (κ1) is 43.6. The van der Waals surface area contributed by atoms with Gasteiger partial charge in [-0.25, -0.2) is 0 Å². The zero-order chi connectivity index (χ0) is 38.9. The monoisotopic (exact) mass is 807 g/mol. The molecule has 16 nitrogen and oxygen atoms in total. The fraction of sp³-hybridized carbons (Fsp3) is 0.839. The van der Waals surface area contributed by atoms with E-state index in [-0.39, 0.29) is 6.61 Å². The van der Waals surface area contributed by atoms with Gasteiger partial charge >= 0.3 is 32.4 Å². The Morgan fingerprint density at radius 3 is 1.80 bits per heavy atom. The van der Waals surface area contributed by atoms with E-state index in [4.69, 9.17) is 76.8 Å². The molecule has 1 unspecified atom stereocenters. The number of esters is 4. The Morgan fingerprint density at radius 1 is 0.784 bits per heavy atom. The van der Waals surface area contributed by atoms with Crippen molar-refractivity contribution in [1.82, 2.24) is 5.32 Å². The molecule has 0 aromatic rings. The molecule has 3 aliphatic heterocycles. The van der Waals surface area contributed by atoms with E-state index in [2.05, 4.69) is 5.32 Å². The van der Waals surface area contributed by atoms with Crippen molar-refractivity contribution in [3.63, 3.8) is 0 Å². The molecule has 3 fully saturated rings. The van der Waals surface area contributed by atoms with Crippen LogP contribution in [0, 0.1) is 0 Å². The SMILES string of the molecule is CC(=O)OC[C@H]1O[C@@H](O[C@H]2[C@H]3O[Si](C(C)(C)C)(C(C)(C)C)OC[C@H]3OC(O)[C@@H]2NC(=O)CC(Cl)(Cl)Cl)[C@H](OC(C)=O)[C@@H](OC(C)=O)[C@H]1OC(C)=O. The van der Waals surface area contributed by atoms with Gasteiger partial charge in [-0.3, -0.25) is 24.0 Å². The highest BCUT2D eigenvalue weighted by Gasteiger charge is 2.66. The van der Waals surface area contributed by atoms with E-state index in [1.807, 2.05) is 41.5 Å². The van der Waals surface area contributed by atoms with E-state index in [1.54, 1.807) is 0 Å². The molecule has 0 bridgehead atoms. The zero-order valence-corrected chi connectivity index (χ0v) is 33.5. The summed E-state index contributed by atoms with van der Waals surface area (Å²) in [6.45, 7) is 15.7. The summed E-state index contributed by atoms with van der Waals surface area (Å²) >= 11 is 17.7. The largest absolute Gasteiger partial charge is 0.463 e. The van der Waals surface area contributed by atoms with Crippen molar-refractivity contribution in [2.75, 3.05) is 13.2 Å². The topological polar surface area (TPSA) is 201 Å². The number of hydrogen-bond donors (Lipinski definition) is 2. The number of aliphatic hydroxyl groups excluding tert-OH is 1. The van der Waals surface area contributed by atoms with Gasteiger partial charge in [-0.1, -0.05) is 76.3 Å². The lowest BCUT2D eigenvalue weighted by Gasteiger charge is -2.58. The quantitative estimate of drug-likeness (QED) is 0.149. The van der Waals surface area contributed by atoms with Crippen LogP contribution in [0.3, 0.4) is 0 Å². The summed E-state index contributed by atoms with van der Waals surface area (Å²) in [6.07, 6.45) is -13.4. The first-order valence-corrected chi connectivity index (χ1v) is 19.2. The third-order valence-electron chi connectivity index (χ3n) is 8.32. The van der Waals surface area contributed by atoms with Gasteiger partial charge in [-0.15, -0.1) is 0 Å². The van der Waals surface area contributed by atoms with Gasteiger partial charge in [0.15, 0.2) is 34.7 Å². The van der Waals surface area contributed by atoms with Crippen LogP contribution in [0.5, 0.6) is 0 Å². The second-order valence-corrected chi connectivity index (χ2v) is 21.9. The number of hydrogen-bond acceptors (Lipinski definition) is 15. The minimum atomic E-state index is -3.31. The van der Waals surface area contributed by atoms with Crippen molar-refractivity contribution in [2.45, 2.75) is 151 Å². The molecule has 1 amide bonds. The highest BCUT2D eigenvalue weighted by Crippen LogP contribution is 2.55. The number of carbonyl (C=O) groups excluding carboxylic acids is 5. The third kappa shape index (κ3) is 10.9. The van der Waals surface area contributed by atoms with Gasteiger partial charge in [-0.05, 0) is 0 Å². The van der Waals surface area contributed by atoms with Gasteiger partial charge in [0.2, 0.25) is 5.91 Å². The maximum Gasteiger partial charge on any atom is 0.349 e. The van der Waals surface area contributed by atoms with Crippen molar-refractivity contribution >= 4 is 73.1 Å². The lowest BCUT2D eigenvalue weighted by Crippen LogP contribution is -2.74. The molecule has 0 aromatic carbocycles. The van der Waals surface area contributed by atoms with Gasteiger partial charge in [-0.2, -0.15) is 0 Å². The molecule has 20 heteroatoms. The van der Waals surface area contributed by atoms with E-state index in [9.17, 15) is 29.1 Å². The normalized spacial score (nSPS) is 32.5. The predicted octanol–water partition coefficient (Wildman–Crippen LogP) is 2.87. The number of aliphatic hydroxyl groups is 1. The number of alkyl halides is 3. The van der Waals surface area contributed by atoms with Gasteiger partial charge in [0.25, 0.3) is 0 Å². The summed E-state index contributed by atoms with van der Waals surface area (Å²) in [7, 11) is -3.31. The molecule has 51 heavy (non-hydrogen) atoms. The number of carbonyl (C=O) groups is 5. The summed E-state index contributed by atoms with van der Waals surface area (Å²) in [5.41, 5.74) is 0. The van der Waals surface area contributed by atoms with Crippen LogP contribution in [-0.2, 0) is 66.0 Å². The number of amides is 1. The lowest BCUT2D eigenvalue weighted by atomic mass is 9.95. The molecule has 3 aliphatic rings. The van der Waals surface area contributed by atoms with Crippen LogP contribution < -0.4 is 5.32 Å². The molecule has 10 atom stereocenters. The van der Waals surface area contributed by atoms with E-state index in [0.29, 0.717) is 0 Å². The van der Waals surface area contributed by atoms with Crippen molar-refractivity contribution in [3.8, 4) is 0 Å². The molecule has 3 heterocycles. The van der Waals surface area contributed by atoms with Crippen molar-refractivity contribution < 1.29 is 71.1 Å². The second-order valence-electron chi connectivity index (χ2n) is 14.6. The molecule has 292 valence electrons. The van der Waals surface area contributed by atoms with Gasteiger partial charge in [0.05, 0.1) is 13.0 Å². The van der Waals surface area contributed by atoms with Crippen LogP contribution >= 0.6 is 34.8 Å². The first-order valence-electron chi connectivity index (χ1n) is 16.2. The standard InChI is InChI=1S/C31H48Cl3NO15Si/c1-14(36)42-12-18-22(44-15(2)37)25(45-16(3)38)26(46-17(4)39)28(48-18)49-24-21(35-20(40)11-31(32,33)34)27(41)47-19-13-43-51(29(5,6)7,30(8,9)10)50-23(19)24/h18-19,21-28,41H,11-13H2,1-10H3,(H,35,40)/t18-,19-,21-,22+,23+,24-,25+,26-,27?,28+/m1/s1. The maximum atomic E-state index is 13.1. The number of fused-ring (bicyclic) bond motifs is 1. The average molecular weight is 809 g/mol. The highest BCUT2D eigenvalue weighted by molar-refractivity contribution is 6.73. The fourth-order valence-electron chi connectivity index (χ4n) is 6.72. The van der Waals surface area contributed by atoms with Crippen LogP contribution in [-0.4, -0.2) is 122 Å². The zero-order valence-electron chi connectivity index (χ0n) is 30.2.